The van der Waals surface area contributed by atoms with Gasteiger partial charge in [0.25, 0.3) is 0 Å². The zero-order chi connectivity index (χ0) is 14.5. The molecule has 1 aromatic heterocycles. The molecule has 1 saturated carbocycles. The van der Waals surface area contributed by atoms with Gasteiger partial charge in [-0.1, -0.05) is 6.92 Å². The second kappa shape index (κ2) is 7.55. The Bertz CT molecular complexity index is 403. The lowest BCUT2D eigenvalue weighted by molar-refractivity contribution is 0.0847. The van der Waals surface area contributed by atoms with Crippen LogP contribution in [0.3, 0.4) is 0 Å². The van der Waals surface area contributed by atoms with Gasteiger partial charge in [0, 0.05) is 36.0 Å². The molecule has 114 valence electrons. The fourth-order valence-electron chi connectivity index (χ4n) is 2.87. The van der Waals surface area contributed by atoms with Crippen molar-refractivity contribution in [3.05, 3.63) is 21.9 Å². The van der Waals surface area contributed by atoms with E-state index >= 15 is 0 Å². The number of hydrogen-bond acceptors (Lipinski definition) is 4. The summed E-state index contributed by atoms with van der Waals surface area (Å²) in [4.78, 5) is 5.42. The standard InChI is InChI=1S/C16H28N2OS/c1-4-14-7-8-16(20-14)15(11-17)18(9-10-19-3)12(2)13-5-6-13/h7-8,12-13,15H,4-6,9-11,17H2,1-3H3. The summed E-state index contributed by atoms with van der Waals surface area (Å²) in [6.07, 6.45) is 3.84. The minimum atomic E-state index is 0.339. The highest BCUT2D eigenvalue weighted by atomic mass is 32.1. The Morgan fingerprint density at radius 3 is 2.70 bits per heavy atom. The predicted octanol–water partition coefficient (Wildman–Crippen LogP) is 3.06. The summed E-state index contributed by atoms with van der Waals surface area (Å²) in [6.45, 7) is 6.99. The monoisotopic (exact) mass is 296 g/mol. The summed E-state index contributed by atoms with van der Waals surface area (Å²) in [7, 11) is 1.78. The molecular formula is C16H28N2OS. The Hall–Kier alpha value is -0.420. The van der Waals surface area contributed by atoms with E-state index in [2.05, 4.69) is 30.9 Å². The topological polar surface area (TPSA) is 38.5 Å². The number of rotatable bonds is 9. The maximum Gasteiger partial charge on any atom is 0.0590 e. The van der Waals surface area contributed by atoms with Gasteiger partial charge in [-0.05, 0) is 44.2 Å². The van der Waals surface area contributed by atoms with Crippen molar-refractivity contribution in [2.75, 3.05) is 26.8 Å². The van der Waals surface area contributed by atoms with Crippen molar-refractivity contribution in [2.24, 2.45) is 11.7 Å². The van der Waals surface area contributed by atoms with Crippen LogP contribution in [0.4, 0.5) is 0 Å². The molecule has 2 rings (SSSR count). The van der Waals surface area contributed by atoms with Crippen molar-refractivity contribution >= 4 is 11.3 Å². The SMILES string of the molecule is CCc1ccc(C(CN)N(CCOC)C(C)C2CC2)s1. The molecule has 2 atom stereocenters. The minimum Gasteiger partial charge on any atom is -0.383 e. The van der Waals surface area contributed by atoms with Crippen LogP contribution in [-0.4, -0.2) is 37.7 Å². The van der Waals surface area contributed by atoms with Crippen molar-refractivity contribution in [2.45, 2.75) is 45.2 Å². The van der Waals surface area contributed by atoms with Crippen molar-refractivity contribution in [3.8, 4) is 0 Å². The van der Waals surface area contributed by atoms with Crippen molar-refractivity contribution in [1.29, 1.82) is 0 Å². The molecule has 1 aliphatic rings. The molecule has 1 aliphatic carbocycles. The average Bonchev–Trinajstić information content (AvgIpc) is 3.21. The molecule has 1 heterocycles. The fraction of sp³-hybridized carbons (Fsp3) is 0.750. The number of nitrogens with zero attached hydrogens (tertiary/aromatic N) is 1. The van der Waals surface area contributed by atoms with Gasteiger partial charge in [0.1, 0.15) is 0 Å². The van der Waals surface area contributed by atoms with Crippen molar-refractivity contribution in [1.82, 2.24) is 4.90 Å². The highest BCUT2D eigenvalue weighted by Gasteiger charge is 2.35. The lowest BCUT2D eigenvalue weighted by Gasteiger charge is -2.35. The quantitative estimate of drug-likeness (QED) is 0.761. The first-order chi connectivity index (χ1) is 9.71. The highest BCUT2D eigenvalue weighted by Crippen LogP contribution is 2.39. The average molecular weight is 296 g/mol. The lowest BCUT2D eigenvalue weighted by atomic mass is 10.1. The van der Waals surface area contributed by atoms with E-state index in [-0.39, 0.29) is 0 Å². The number of thiophene rings is 1. The van der Waals surface area contributed by atoms with Gasteiger partial charge in [-0.15, -0.1) is 11.3 Å². The molecule has 4 heteroatoms. The number of aryl methyl sites for hydroxylation is 1. The molecule has 2 unspecified atom stereocenters. The van der Waals surface area contributed by atoms with Crippen molar-refractivity contribution < 1.29 is 4.74 Å². The minimum absolute atomic E-state index is 0.339. The Labute approximate surface area is 127 Å². The van der Waals surface area contributed by atoms with E-state index in [1.54, 1.807) is 7.11 Å². The van der Waals surface area contributed by atoms with E-state index < -0.39 is 0 Å². The number of methoxy groups -OCH3 is 1. The van der Waals surface area contributed by atoms with Crippen LogP contribution < -0.4 is 5.73 Å². The van der Waals surface area contributed by atoms with E-state index in [9.17, 15) is 0 Å². The molecule has 0 aliphatic heterocycles. The lowest BCUT2D eigenvalue weighted by Crippen LogP contribution is -2.42. The smallest absolute Gasteiger partial charge is 0.0590 e. The van der Waals surface area contributed by atoms with E-state index in [4.69, 9.17) is 10.5 Å². The molecule has 0 radical (unpaired) electrons. The first kappa shape index (κ1) is 16.0. The van der Waals surface area contributed by atoms with E-state index in [0.29, 0.717) is 18.6 Å². The molecule has 20 heavy (non-hydrogen) atoms. The van der Waals surface area contributed by atoms with Crippen molar-refractivity contribution in [3.63, 3.8) is 0 Å². The number of ether oxygens (including phenoxy) is 1. The second-order valence-electron chi connectivity index (χ2n) is 5.72. The molecule has 0 amide bonds. The zero-order valence-corrected chi connectivity index (χ0v) is 13.8. The van der Waals surface area contributed by atoms with E-state index in [1.807, 2.05) is 11.3 Å². The first-order valence-electron chi connectivity index (χ1n) is 7.74. The zero-order valence-electron chi connectivity index (χ0n) is 13.0. The third-order valence-electron chi connectivity index (χ3n) is 4.36. The summed E-state index contributed by atoms with van der Waals surface area (Å²) in [5.74, 6) is 0.853. The van der Waals surface area contributed by atoms with Gasteiger partial charge in [-0.2, -0.15) is 0 Å². The third kappa shape index (κ3) is 3.82. The number of nitrogens with two attached hydrogens (primary N) is 1. The fourth-order valence-corrected chi connectivity index (χ4v) is 3.95. The number of hydrogen-bond donors (Lipinski definition) is 1. The van der Waals surface area contributed by atoms with E-state index in [1.165, 1.54) is 22.6 Å². The van der Waals surface area contributed by atoms with Crippen LogP contribution in [0.5, 0.6) is 0 Å². The summed E-state index contributed by atoms with van der Waals surface area (Å²) in [5.41, 5.74) is 6.11. The Morgan fingerprint density at radius 1 is 1.45 bits per heavy atom. The molecule has 2 N–H and O–H groups in total. The van der Waals surface area contributed by atoms with Gasteiger partial charge in [0.05, 0.1) is 12.6 Å². The molecule has 0 bridgehead atoms. The van der Waals surface area contributed by atoms with Crippen LogP contribution in [0.1, 0.15) is 42.5 Å². The molecule has 0 spiro atoms. The van der Waals surface area contributed by atoms with Crippen LogP contribution >= 0.6 is 11.3 Å². The van der Waals surface area contributed by atoms with Gasteiger partial charge in [-0.3, -0.25) is 4.90 Å². The van der Waals surface area contributed by atoms with Crippen LogP contribution in [0.25, 0.3) is 0 Å². The Morgan fingerprint density at radius 2 is 2.20 bits per heavy atom. The molecule has 3 nitrogen and oxygen atoms in total. The molecule has 0 aromatic carbocycles. The predicted molar refractivity (Wildman–Crippen MR) is 86.3 cm³/mol. The maximum atomic E-state index is 6.11. The molecule has 0 saturated heterocycles. The van der Waals surface area contributed by atoms with Crippen LogP contribution in [0.15, 0.2) is 12.1 Å². The summed E-state index contributed by atoms with van der Waals surface area (Å²) in [5, 5.41) is 0. The summed E-state index contributed by atoms with van der Waals surface area (Å²) in [6, 6.07) is 5.45. The van der Waals surface area contributed by atoms with Crippen LogP contribution in [-0.2, 0) is 11.2 Å². The molecule has 1 aromatic rings. The second-order valence-corrected chi connectivity index (χ2v) is 6.92. The van der Waals surface area contributed by atoms with Gasteiger partial charge in [0.15, 0.2) is 0 Å². The highest BCUT2D eigenvalue weighted by molar-refractivity contribution is 7.12. The van der Waals surface area contributed by atoms with E-state index in [0.717, 1.165) is 25.5 Å². The Kier molecular flexibility index (Phi) is 6.02. The van der Waals surface area contributed by atoms with Gasteiger partial charge < -0.3 is 10.5 Å². The summed E-state index contributed by atoms with van der Waals surface area (Å²) >= 11 is 1.91. The van der Waals surface area contributed by atoms with Gasteiger partial charge in [-0.25, -0.2) is 0 Å². The summed E-state index contributed by atoms with van der Waals surface area (Å²) < 4.78 is 5.30. The van der Waals surface area contributed by atoms with Crippen LogP contribution in [0.2, 0.25) is 0 Å². The molecule has 1 fully saturated rings. The first-order valence-corrected chi connectivity index (χ1v) is 8.56. The maximum absolute atomic E-state index is 6.11. The van der Waals surface area contributed by atoms with Gasteiger partial charge in [0.2, 0.25) is 0 Å². The molecular weight excluding hydrogens is 268 g/mol. The third-order valence-corrected chi connectivity index (χ3v) is 5.69. The normalized spacial score (nSPS) is 18.4. The van der Waals surface area contributed by atoms with Crippen LogP contribution in [0, 0.1) is 5.92 Å². The largest absolute Gasteiger partial charge is 0.383 e. The van der Waals surface area contributed by atoms with Gasteiger partial charge >= 0.3 is 0 Å². The Balaban J connectivity index is 2.13.